The molecule has 0 saturated heterocycles. The lowest BCUT2D eigenvalue weighted by molar-refractivity contribution is 0.0732. The number of carbonyl (C=O) groups excluding carboxylic acids is 2. The number of hydrogen-bond acceptors (Lipinski definition) is 10. The minimum absolute atomic E-state index is 0.0827. The van der Waals surface area contributed by atoms with Gasteiger partial charge < -0.3 is 9.47 Å². The van der Waals surface area contributed by atoms with Crippen LogP contribution in [0.5, 0.6) is 5.75 Å². The van der Waals surface area contributed by atoms with Gasteiger partial charge in [-0.15, -0.1) is 0 Å². The van der Waals surface area contributed by atoms with Crippen molar-refractivity contribution in [2.45, 2.75) is 31.8 Å². The molecule has 0 aliphatic heterocycles. The van der Waals surface area contributed by atoms with Crippen LogP contribution in [0.2, 0.25) is 0 Å². The number of rotatable bonds is 9. The molecule has 3 aromatic rings. The Hall–Kier alpha value is -3.42. The van der Waals surface area contributed by atoms with Crippen LogP contribution < -0.4 is 4.74 Å². The minimum atomic E-state index is -4.10. The molecule has 0 amide bonds. The number of ketones is 2. The quantitative estimate of drug-likeness (QED) is 0.269. The van der Waals surface area contributed by atoms with Crippen molar-refractivity contribution in [2.75, 3.05) is 19.6 Å². The van der Waals surface area contributed by atoms with Crippen molar-refractivity contribution in [3.8, 4) is 5.75 Å². The van der Waals surface area contributed by atoms with Gasteiger partial charge >= 0.3 is 0 Å². The van der Waals surface area contributed by atoms with Crippen molar-refractivity contribution >= 4 is 31.8 Å². The first-order valence-corrected chi connectivity index (χ1v) is 15.8. The Morgan fingerprint density at radius 3 is 2.02 bits per heavy atom. The summed E-state index contributed by atoms with van der Waals surface area (Å²) in [5, 5.41) is 0. The number of ether oxygens (including phenoxy) is 2. The molecule has 12 heteroatoms. The molecule has 0 bridgehead atoms. The van der Waals surface area contributed by atoms with Gasteiger partial charge in [0, 0.05) is 28.7 Å². The zero-order valence-corrected chi connectivity index (χ0v) is 23.5. The van der Waals surface area contributed by atoms with E-state index in [0.717, 1.165) is 18.1 Å². The van der Waals surface area contributed by atoms with Gasteiger partial charge in [0.1, 0.15) is 18.0 Å². The van der Waals surface area contributed by atoms with E-state index in [1.54, 1.807) is 43.5 Å². The van der Waals surface area contributed by atoms with Gasteiger partial charge in [0.25, 0.3) is 20.2 Å². The predicted molar refractivity (Wildman–Crippen MR) is 143 cm³/mol. The van der Waals surface area contributed by atoms with Crippen LogP contribution in [-0.4, -0.2) is 54.1 Å². The van der Waals surface area contributed by atoms with E-state index in [2.05, 4.69) is 0 Å². The second-order valence-corrected chi connectivity index (χ2v) is 12.9. The lowest BCUT2D eigenvalue weighted by Gasteiger charge is -2.24. The second-order valence-electron chi connectivity index (χ2n) is 9.66. The topological polar surface area (TPSA) is 139 Å². The zero-order chi connectivity index (χ0) is 28.8. The number of methoxy groups -OCH3 is 1. The summed E-state index contributed by atoms with van der Waals surface area (Å²) in [6.45, 7) is 0.0897. The van der Waals surface area contributed by atoms with Gasteiger partial charge in [0.05, 0.1) is 32.8 Å². The van der Waals surface area contributed by atoms with Gasteiger partial charge in [-0.2, -0.15) is 16.8 Å². The molecule has 10 nitrogen and oxygen atoms in total. The van der Waals surface area contributed by atoms with Gasteiger partial charge in [0.2, 0.25) is 0 Å². The summed E-state index contributed by atoms with van der Waals surface area (Å²) in [5.41, 5.74) is 2.44. The summed E-state index contributed by atoms with van der Waals surface area (Å²) in [7, 11) is -6.59. The Bertz CT molecular complexity index is 1730. The smallest absolute Gasteiger partial charge is 0.265 e. The van der Waals surface area contributed by atoms with Crippen LogP contribution in [0.25, 0.3) is 0 Å². The van der Waals surface area contributed by atoms with Crippen molar-refractivity contribution in [1.29, 1.82) is 0 Å². The SMILES string of the molecule is COc1ccc(COCc2cc3c(c4c2[C@@H](OS(C)(=O)=O)[C@@H](OS(C)(=O)=O)C4)C(=O)c2ccccc2C3=O)cc1. The molecule has 0 spiro atoms. The number of hydrogen-bond donors (Lipinski definition) is 0. The van der Waals surface area contributed by atoms with E-state index in [1.165, 1.54) is 6.07 Å². The average Bonchev–Trinajstić information content (AvgIpc) is 3.22. The summed E-state index contributed by atoms with van der Waals surface area (Å²) in [4.78, 5) is 27.2. The molecule has 0 fully saturated rings. The fourth-order valence-corrected chi connectivity index (χ4v) is 6.42. The first-order chi connectivity index (χ1) is 18.9. The highest BCUT2D eigenvalue weighted by Crippen LogP contribution is 2.45. The Labute approximate surface area is 232 Å². The summed E-state index contributed by atoms with van der Waals surface area (Å²) in [6.07, 6.45) is -1.16. The molecule has 2 aliphatic rings. The lowest BCUT2D eigenvalue weighted by atomic mass is 9.79. The van der Waals surface area contributed by atoms with Crippen molar-refractivity contribution < 1.29 is 44.3 Å². The third-order valence-corrected chi connectivity index (χ3v) is 7.89. The molecule has 3 aromatic carbocycles. The molecule has 40 heavy (non-hydrogen) atoms. The molecule has 5 rings (SSSR count). The van der Waals surface area contributed by atoms with Crippen molar-refractivity contribution in [2.24, 2.45) is 0 Å². The molecular formula is C28H26O10S2. The highest BCUT2D eigenvalue weighted by atomic mass is 32.2. The van der Waals surface area contributed by atoms with Crippen LogP contribution in [0.3, 0.4) is 0 Å². The molecular weight excluding hydrogens is 560 g/mol. The molecule has 0 radical (unpaired) electrons. The van der Waals surface area contributed by atoms with Crippen LogP contribution >= 0.6 is 0 Å². The third-order valence-electron chi connectivity index (χ3n) is 6.74. The Morgan fingerprint density at radius 1 is 0.800 bits per heavy atom. The van der Waals surface area contributed by atoms with E-state index in [-0.39, 0.29) is 53.2 Å². The maximum atomic E-state index is 13.6. The van der Waals surface area contributed by atoms with E-state index in [0.29, 0.717) is 16.9 Å². The minimum Gasteiger partial charge on any atom is -0.497 e. The molecule has 0 unspecified atom stereocenters. The van der Waals surface area contributed by atoms with Crippen LogP contribution in [0.15, 0.2) is 54.6 Å². The largest absolute Gasteiger partial charge is 0.497 e. The highest BCUT2D eigenvalue weighted by molar-refractivity contribution is 7.86. The Balaban J connectivity index is 1.62. The first kappa shape index (κ1) is 28.1. The summed E-state index contributed by atoms with van der Waals surface area (Å²) in [6, 6.07) is 15.1. The third kappa shape index (κ3) is 5.58. The Kier molecular flexibility index (Phi) is 7.40. The fourth-order valence-electron chi connectivity index (χ4n) is 5.20. The standard InChI is InChI=1S/C28H26O10S2/c1-35-18-10-8-16(9-11-18)14-36-15-17-12-22-25(27(30)20-7-5-4-6-19(20)26(22)29)21-13-23(37-39(2,31)32)28(24(17)21)38-40(3,33)34/h4-12,23,28H,13-15H2,1-3H3/t23-,28-/m0/s1. The Morgan fingerprint density at radius 2 is 1.43 bits per heavy atom. The van der Waals surface area contributed by atoms with E-state index >= 15 is 0 Å². The molecule has 0 saturated carbocycles. The summed E-state index contributed by atoms with van der Waals surface area (Å²) < 4.78 is 70.4. The molecule has 2 atom stereocenters. The normalized spacial score (nSPS) is 18.3. The van der Waals surface area contributed by atoms with Crippen LogP contribution in [0.1, 0.15) is 60.2 Å². The lowest BCUT2D eigenvalue weighted by Crippen LogP contribution is -2.26. The van der Waals surface area contributed by atoms with Crippen molar-refractivity contribution in [1.82, 2.24) is 0 Å². The highest BCUT2D eigenvalue weighted by Gasteiger charge is 2.45. The maximum absolute atomic E-state index is 13.6. The summed E-state index contributed by atoms with van der Waals surface area (Å²) >= 11 is 0. The van der Waals surface area contributed by atoms with E-state index < -0.39 is 38.2 Å². The van der Waals surface area contributed by atoms with Gasteiger partial charge in [0.15, 0.2) is 11.6 Å². The van der Waals surface area contributed by atoms with Gasteiger partial charge in [-0.05, 0) is 40.5 Å². The maximum Gasteiger partial charge on any atom is 0.265 e. The first-order valence-electron chi connectivity index (χ1n) is 12.2. The van der Waals surface area contributed by atoms with Crippen LogP contribution in [0, 0.1) is 0 Å². The molecule has 210 valence electrons. The predicted octanol–water partition coefficient (Wildman–Crippen LogP) is 3.11. The molecule has 0 N–H and O–H groups in total. The fraction of sp³-hybridized carbons (Fsp3) is 0.286. The van der Waals surface area contributed by atoms with Crippen LogP contribution in [-0.2, 0) is 53.0 Å². The second kappa shape index (κ2) is 10.5. The molecule has 0 heterocycles. The molecule has 0 aromatic heterocycles. The van der Waals surface area contributed by atoms with Gasteiger partial charge in [-0.25, -0.2) is 0 Å². The average molecular weight is 587 g/mol. The van der Waals surface area contributed by atoms with Gasteiger partial charge in [-0.3, -0.25) is 18.0 Å². The van der Waals surface area contributed by atoms with E-state index in [4.69, 9.17) is 17.8 Å². The summed E-state index contributed by atoms with van der Waals surface area (Å²) in [5.74, 6) is -0.125. The van der Waals surface area contributed by atoms with Crippen molar-refractivity contribution in [3.63, 3.8) is 0 Å². The van der Waals surface area contributed by atoms with Crippen molar-refractivity contribution in [3.05, 3.63) is 99.1 Å². The van der Waals surface area contributed by atoms with Gasteiger partial charge in [-0.1, -0.05) is 36.4 Å². The number of fused-ring (bicyclic) bond motifs is 4. The number of carbonyl (C=O) groups is 2. The van der Waals surface area contributed by atoms with E-state index in [1.807, 2.05) is 12.1 Å². The monoisotopic (exact) mass is 586 g/mol. The zero-order valence-electron chi connectivity index (χ0n) is 21.9. The van der Waals surface area contributed by atoms with Crippen LogP contribution in [0.4, 0.5) is 0 Å². The molecule has 2 aliphatic carbocycles. The van der Waals surface area contributed by atoms with E-state index in [9.17, 15) is 26.4 Å². The number of benzene rings is 3.